The van der Waals surface area contributed by atoms with Crippen LogP contribution in [0.2, 0.25) is 0 Å². The Kier molecular flexibility index (Phi) is 8.28. The summed E-state index contributed by atoms with van der Waals surface area (Å²) in [4.78, 5) is 27.7. The molecule has 0 saturated carbocycles. The molecule has 1 fully saturated rings. The van der Waals surface area contributed by atoms with Gasteiger partial charge in [0.25, 0.3) is 11.9 Å². The third-order valence-electron chi connectivity index (χ3n) is 6.89. The van der Waals surface area contributed by atoms with E-state index in [4.69, 9.17) is 20.3 Å². The molecule has 0 aliphatic carbocycles. The normalized spacial score (nSPS) is 16.6. The zero-order valence-corrected chi connectivity index (χ0v) is 24.2. The number of aromatic nitrogens is 2. The largest absolute Gasteiger partial charge is 0.433 e. The third-order valence-corrected chi connectivity index (χ3v) is 8.05. The number of halogens is 3. The summed E-state index contributed by atoms with van der Waals surface area (Å²) in [7, 11) is 0. The number of alkyl halides is 3. The Morgan fingerprint density at radius 1 is 1.02 bits per heavy atom. The van der Waals surface area contributed by atoms with E-state index in [0.29, 0.717) is 58.8 Å². The van der Waals surface area contributed by atoms with Crippen LogP contribution in [-0.4, -0.2) is 66.0 Å². The number of amidine groups is 1. The Bertz CT molecular complexity index is 1770. The molecule has 15 heteroatoms. The summed E-state index contributed by atoms with van der Waals surface area (Å²) < 4.78 is 50.1. The number of aliphatic imine (C=N–C) groups is 1. The van der Waals surface area contributed by atoms with Crippen LogP contribution in [0.15, 0.2) is 77.9 Å². The maximum atomic E-state index is 13.2. The number of morpholine rings is 1. The number of fused-ring (bicyclic) bond motifs is 1. The molecule has 1 saturated heterocycles. The Labute approximate surface area is 258 Å². The van der Waals surface area contributed by atoms with Crippen LogP contribution in [0.4, 0.5) is 23.9 Å². The molecule has 1 atom stereocenters. The first-order valence-electron chi connectivity index (χ1n) is 13.7. The maximum Gasteiger partial charge on any atom is 0.433 e. The van der Waals surface area contributed by atoms with Gasteiger partial charge in [0.1, 0.15) is 15.7 Å². The van der Waals surface area contributed by atoms with E-state index >= 15 is 0 Å². The number of pyridine rings is 1. The van der Waals surface area contributed by atoms with Gasteiger partial charge in [0.05, 0.1) is 24.6 Å². The highest BCUT2D eigenvalue weighted by Gasteiger charge is 2.33. The minimum Gasteiger partial charge on any atom is -0.405 e. The quantitative estimate of drug-likeness (QED) is 0.183. The van der Waals surface area contributed by atoms with Crippen molar-refractivity contribution in [2.24, 2.45) is 4.99 Å². The lowest BCUT2D eigenvalue weighted by molar-refractivity contribution is -0.141. The summed E-state index contributed by atoms with van der Waals surface area (Å²) in [6.07, 6.45) is -4.78. The van der Waals surface area contributed by atoms with Gasteiger partial charge in [-0.15, -0.1) is 0 Å². The van der Waals surface area contributed by atoms with E-state index in [2.05, 4.69) is 25.6 Å². The van der Waals surface area contributed by atoms with Crippen LogP contribution in [0.25, 0.3) is 10.6 Å². The predicted molar refractivity (Wildman–Crippen MR) is 163 cm³/mol. The highest BCUT2D eigenvalue weighted by Crippen LogP contribution is 2.36. The van der Waals surface area contributed by atoms with E-state index in [1.807, 2.05) is 47.4 Å². The van der Waals surface area contributed by atoms with E-state index in [1.54, 1.807) is 12.1 Å². The molecule has 2 aromatic heterocycles. The number of para-hydroxylation sites is 1. The number of anilines is 2. The van der Waals surface area contributed by atoms with Gasteiger partial charge >= 0.3 is 6.18 Å². The average molecular weight is 635 g/mol. The van der Waals surface area contributed by atoms with E-state index in [-0.39, 0.29) is 5.69 Å². The number of rotatable bonds is 5. The number of hydrogen-bond donors (Lipinski definition) is 4. The van der Waals surface area contributed by atoms with Crippen LogP contribution in [0.5, 0.6) is 0 Å². The van der Waals surface area contributed by atoms with Gasteiger partial charge in [0, 0.05) is 36.0 Å². The molecule has 11 nitrogen and oxygen atoms in total. The minimum absolute atomic E-state index is 0.0783. The van der Waals surface area contributed by atoms with E-state index in [0.717, 1.165) is 29.2 Å². The lowest BCUT2D eigenvalue weighted by Gasteiger charge is -2.27. The summed E-state index contributed by atoms with van der Waals surface area (Å²) in [5.41, 5.74) is 1.91. The number of amides is 1. The molecule has 1 unspecified atom stereocenters. The second-order valence-corrected chi connectivity index (χ2v) is 10.9. The molecule has 6 rings (SSSR count). The second-order valence-electron chi connectivity index (χ2n) is 9.89. The number of nitrogens with one attached hydrogen (secondary N) is 4. The second kappa shape index (κ2) is 12.5. The molecule has 230 valence electrons. The summed E-state index contributed by atoms with van der Waals surface area (Å²) in [6, 6.07) is 18.0. The van der Waals surface area contributed by atoms with Crippen molar-refractivity contribution in [2.45, 2.75) is 12.3 Å². The average Bonchev–Trinajstić information content (AvgIpc) is 3.44. The van der Waals surface area contributed by atoms with Gasteiger partial charge in [0.2, 0.25) is 12.1 Å². The summed E-state index contributed by atoms with van der Waals surface area (Å²) >= 11 is 1.16. The molecule has 2 aromatic carbocycles. The topological polar surface area (TPSA) is 149 Å². The van der Waals surface area contributed by atoms with Crippen LogP contribution in [0, 0.1) is 10.8 Å². The molecular formula is C30H25F3N8O3S. The number of ether oxygens (including phenoxy) is 2. The van der Waals surface area contributed by atoms with Crippen LogP contribution < -0.4 is 15.5 Å². The molecule has 4 heterocycles. The molecular weight excluding hydrogens is 609 g/mol. The molecule has 45 heavy (non-hydrogen) atoms. The predicted octanol–water partition coefficient (Wildman–Crippen LogP) is 4.74. The summed E-state index contributed by atoms with van der Waals surface area (Å²) in [6.45, 7) is 1.84. The zero-order valence-electron chi connectivity index (χ0n) is 23.4. The number of thiazole rings is 1. The first-order chi connectivity index (χ1) is 21.7. The van der Waals surface area contributed by atoms with Crippen LogP contribution in [0.3, 0.4) is 0 Å². The van der Waals surface area contributed by atoms with Crippen molar-refractivity contribution >= 4 is 45.6 Å². The smallest absolute Gasteiger partial charge is 0.405 e. The number of nitrogens with zero attached hydrogens (tertiary/aromatic N) is 4. The number of carbonyl (C=O) groups is 1. The Morgan fingerprint density at radius 2 is 1.76 bits per heavy atom. The van der Waals surface area contributed by atoms with Gasteiger partial charge in [-0.2, -0.15) is 13.2 Å². The molecule has 4 N–H and O–H groups in total. The summed E-state index contributed by atoms with van der Waals surface area (Å²) in [5.74, 6) is -1.03. The van der Waals surface area contributed by atoms with Crippen molar-refractivity contribution < 1.29 is 27.4 Å². The van der Waals surface area contributed by atoms with Gasteiger partial charge in [-0.1, -0.05) is 59.9 Å². The van der Waals surface area contributed by atoms with Crippen LogP contribution in [0.1, 0.15) is 22.5 Å². The monoisotopic (exact) mass is 634 g/mol. The fourth-order valence-electron chi connectivity index (χ4n) is 4.74. The van der Waals surface area contributed by atoms with Gasteiger partial charge in [0.15, 0.2) is 5.69 Å². The van der Waals surface area contributed by atoms with Crippen molar-refractivity contribution in [2.75, 3.05) is 36.5 Å². The molecule has 2 aliphatic rings. The molecule has 0 spiro atoms. The first-order valence-corrected chi connectivity index (χ1v) is 14.5. The van der Waals surface area contributed by atoms with Gasteiger partial charge in [-0.3, -0.25) is 20.6 Å². The lowest BCUT2D eigenvalue weighted by atomic mass is 10.0. The molecule has 2 aliphatic heterocycles. The number of benzodiazepines with no additional fused rings is 1. The van der Waals surface area contributed by atoms with E-state index in [9.17, 15) is 18.0 Å². The highest BCUT2D eigenvalue weighted by atomic mass is 32.1. The summed E-state index contributed by atoms with van der Waals surface area (Å²) in [5, 5.41) is 23.5. The maximum absolute atomic E-state index is 13.2. The van der Waals surface area contributed by atoms with Crippen LogP contribution >= 0.6 is 11.3 Å². The molecule has 1 amide bonds. The highest BCUT2D eigenvalue weighted by molar-refractivity contribution is 7.19. The van der Waals surface area contributed by atoms with E-state index < -0.39 is 35.9 Å². The van der Waals surface area contributed by atoms with Crippen molar-refractivity contribution in [1.82, 2.24) is 15.3 Å². The SMILES string of the molecule is N=C(NC1N=C(c2ccccc2)c2ccccc2NC1=O)OC(=N)c1nc(-c2ccc(C(F)(F)F)nc2)sc1N1CCOCC1. The van der Waals surface area contributed by atoms with Gasteiger partial charge in [-0.05, 0) is 18.2 Å². The van der Waals surface area contributed by atoms with Crippen molar-refractivity contribution in [3.8, 4) is 10.6 Å². The fraction of sp³-hybridized carbons (Fsp3) is 0.200. The fourth-order valence-corrected chi connectivity index (χ4v) is 5.84. The molecule has 4 aromatic rings. The first kappa shape index (κ1) is 29.9. The Morgan fingerprint density at radius 3 is 2.47 bits per heavy atom. The zero-order chi connectivity index (χ0) is 31.6. The number of hydrogen-bond acceptors (Lipinski definition) is 10. The molecule has 0 radical (unpaired) electrons. The van der Waals surface area contributed by atoms with Crippen molar-refractivity contribution in [3.05, 3.63) is 95.4 Å². The van der Waals surface area contributed by atoms with Crippen molar-refractivity contribution in [1.29, 1.82) is 10.8 Å². The van der Waals surface area contributed by atoms with E-state index in [1.165, 1.54) is 6.07 Å². The Balaban J connectivity index is 1.25. The Hall–Kier alpha value is -5.15. The number of carbonyl (C=O) groups excluding carboxylic acids is 1. The van der Waals surface area contributed by atoms with Crippen LogP contribution in [-0.2, 0) is 20.4 Å². The van der Waals surface area contributed by atoms with Gasteiger partial charge in [-0.25, -0.2) is 9.98 Å². The standard InChI is InChI=1S/C30H25F3N8O3S/c31-30(32,33)21-11-10-18(16-36-21)27-39-23(28(45-27)41-12-14-43-15-13-41)24(34)44-29(35)40-25-26(42)37-20-9-5-4-8-19(20)22(38-25)17-6-2-1-3-7-17/h1-11,16,25,34H,12-15H2,(H2,35,40)(H,37,42). The third kappa shape index (κ3) is 6.53. The lowest BCUT2D eigenvalue weighted by Crippen LogP contribution is -2.43. The number of benzene rings is 2. The van der Waals surface area contributed by atoms with Gasteiger partial charge < -0.3 is 25.0 Å². The van der Waals surface area contributed by atoms with Crippen molar-refractivity contribution in [3.63, 3.8) is 0 Å². The minimum atomic E-state index is -4.59. The molecule has 0 bridgehead atoms.